The van der Waals surface area contributed by atoms with E-state index in [0.717, 1.165) is 19.3 Å². The zero-order chi connectivity index (χ0) is 17.1. The third kappa shape index (κ3) is 3.77. The van der Waals surface area contributed by atoms with Crippen LogP contribution in [0.5, 0.6) is 0 Å². The summed E-state index contributed by atoms with van der Waals surface area (Å²) in [6.45, 7) is 2.81. The summed E-state index contributed by atoms with van der Waals surface area (Å²) in [4.78, 5) is 39.0. The summed E-state index contributed by atoms with van der Waals surface area (Å²) in [5.74, 6) is 0.0445. The van der Waals surface area contributed by atoms with Gasteiger partial charge in [-0.1, -0.05) is 13.3 Å². The molecule has 6 nitrogen and oxygen atoms in total. The van der Waals surface area contributed by atoms with Crippen molar-refractivity contribution in [2.75, 3.05) is 13.1 Å². The molecule has 0 radical (unpaired) electrons. The van der Waals surface area contributed by atoms with E-state index in [1.54, 1.807) is 0 Å². The number of carbonyl (C=O) groups excluding carboxylic acids is 3. The number of hydrazine groups is 1. The Labute approximate surface area is 145 Å². The minimum atomic E-state index is -0.369. The number of hydrogen-bond acceptors (Lipinski definition) is 4. The number of nitrogens with zero attached hydrogens (tertiary/aromatic N) is 1. The van der Waals surface area contributed by atoms with E-state index in [0.29, 0.717) is 23.8 Å². The number of aryl methyl sites for hydroxylation is 1. The van der Waals surface area contributed by atoms with Crippen LogP contribution in [0.15, 0.2) is 6.07 Å². The molecular formula is C17H23N3O3S. The monoisotopic (exact) mass is 349 g/mol. The number of carbonyl (C=O) groups is 3. The summed E-state index contributed by atoms with van der Waals surface area (Å²) < 4.78 is 0. The number of fused-ring (bicyclic) bond motifs is 1. The predicted molar refractivity (Wildman–Crippen MR) is 91.5 cm³/mol. The molecule has 1 aliphatic heterocycles. The third-order valence-corrected chi connectivity index (χ3v) is 6.04. The Kier molecular flexibility index (Phi) is 5.18. The van der Waals surface area contributed by atoms with E-state index in [1.807, 2.05) is 6.07 Å². The quantitative estimate of drug-likeness (QED) is 0.811. The van der Waals surface area contributed by atoms with Gasteiger partial charge in [-0.2, -0.15) is 0 Å². The van der Waals surface area contributed by atoms with Crippen LogP contribution in [0.25, 0.3) is 0 Å². The molecule has 1 atom stereocenters. The molecule has 0 saturated carbocycles. The second-order valence-corrected chi connectivity index (χ2v) is 7.63. The first-order chi connectivity index (χ1) is 11.6. The van der Waals surface area contributed by atoms with E-state index in [2.05, 4.69) is 17.8 Å². The van der Waals surface area contributed by atoms with Crippen molar-refractivity contribution >= 4 is 29.1 Å². The lowest BCUT2D eigenvalue weighted by Crippen LogP contribution is -2.46. The van der Waals surface area contributed by atoms with Gasteiger partial charge in [0.25, 0.3) is 11.8 Å². The topological polar surface area (TPSA) is 78.5 Å². The Hall–Kier alpha value is -1.89. The highest BCUT2D eigenvalue weighted by molar-refractivity contribution is 7.14. The maximum atomic E-state index is 12.2. The van der Waals surface area contributed by atoms with Gasteiger partial charge in [-0.05, 0) is 43.2 Å². The third-order valence-electron chi connectivity index (χ3n) is 4.81. The minimum Gasteiger partial charge on any atom is -0.333 e. The molecule has 130 valence electrons. The molecule has 1 fully saturated rings. The molecule has 3 rings (SSSR count). The van der Waals surface area contributed by atoms with Crippen LogP contribution in [0, 0.1) is 5.92 Å². The summed E-state index contributed by atoms with van der Waals surface area (Å²) in [6.07, 6.45) is 5.72. The molecule has 0 bridgehead atoms. The van der Waals surface area contributed by atoms with Crippen molar-refractivity contribution in [1.82, 2.24) is 15.8 Å². The van der Waals surface area contributed by atoms with Crippen LogP contribution < -0.4 is 10.9 Å². The number of rotatable bonds is 4. The summed E-state index contributed by atoms with van der Waals surface area (Å²) >= 11 is 1.51. The van der Waals surface area contributed by atoms with Gasteiger partial charge in [-0.3, -0.25) is 25.2 Å². The first kappa shape index (κ1) is 17.0. The minimum absolute atomic E-state index is 0.00175. The smallest absolute Gasteiger partial charge is 0.279 e. The number of thiophene rings is 1. The van der Waals surface area contributed by atoms with Crippen LogP contribution >= 0.6 is 11.3 Å². The summed E-state index contributed by atoms with van der Waals surface area (Å²) in [5.41, 5.74) is 6.13. The van der Waals surface area contributed by atoms with Crippen molar-refractivity contribution in [3.8, 4) is 0 Å². The van der Waals surface area contributed by atoms with Crippen molar-refractivity contribution in [1.29, 1.82) is 0 Å². The Morgan fingerprint density at radius 1 is 1.33 bits per heavy atom. The van der Waals surface area contributed by atoms with E-state index in [9.17, 15) is 14.4 Å². The Balaban J connectivity index is 1.51. The second kappa shape index (κ2) is 7.34. The standard InChI is InChI=1S/C17H23N3O3S/c1-2-11-5-6-13-12(8-11)9-14(24-13)17(23)19-18-15(21)10-20-7-3-4-16(20)22/h9,11H,2-8,10H2,1H3,(H,18,21)(H,19,23)/t11-/m0/s1. The van der Waals surface area contributed by atoms with Gasteiger partial charge >= 0.3 is 0 Å². The second-order valence-electron chi connectivity index (χ2n) is 6.50. The largest absolute Gasteiger partial charge is 0.333 e. The highest BCUT2D eigenvalue weighted by atomic mass is 32.1. The van der Waals surface area contributed by atoms with Crippen LogP contribution in [-0.2, 0) is 22.4 Å². The lowest BCUT2D eigenvalue weighted by atomic mass is 9.87. The van der Waals surface area contributed by atoms with Gasteiger partial charge in [0.2, 0.25) is 5.91 Å². The van der Waals surface area contributed by atoms with E-state index in [1.165, 1.54) is 39.5 Å². The average Bonchev–Trinajstić information content (AvgIpc) is 3.18. The summed E-state index contributed by atoms with van der Waals surface area (Å²) in [5, 5.41) is 0. The van der Waals surface area contributed by atoms with Crippen LogP contribution in [0.1, 0.15) is 52.7 Å². The normalized spacial score (nSPS) is 20.0. The molecule has 2 aliphatic rings. The Morgan fingerprint density at radius 2 is 2.17 bits per heavy atom. The van der Waals surface area contributed by atoms with Gasteiger partial charge in [0.1, 0.15) is 6.54 Å². The van der Waals surface area contributed by atoms with Crippen molar-refractivity contribution in [3.05, 3.63) is 21.4 Å². The van der Waals surface area contributed by atoms with E-state index in [-0.39, 0.29) is 24.3 Å². The fourth-order valence-corrected chi connectivity index (χ4v) is 4.44. The van der Waals surface area contributed by atoms with Gasteiger partial charge in [0, 0.05) is 17.8 Å². The molecule has 0 spiro atoms. The van der Waals surface area contributed by atoms with Gasteiger partial charge in [-0.25, -0.2) is 0 Å². The highest BCUT2D eigenvalue weighted by Crippen LogP contribution is 2.33. The molecule has 1 aliphatic carbocycles. The maximum Gasteiger partial charge on any atom is 0.279 e. The number of nitrogens with one attached hydrogen (secondary N) is 2. The number of hydrogen-bond donors (Lipinski definition) is 2. The molecular weight excluding hydrogens is 326 g/mol. The van der Waals surface area contributed by atoms with E-state index in [4.69, 9.17) is 0 Å². The van der Waals surface area contributed by atoms with Crippen molar-refractivity contribution in [3.63, 3.8) is 0 Å². The van der Waals surface area contributed by atoms with Crippen molar-refractivity contribution in [2.45, 2.75) is 45.4 Å². The van der Waals surface area contributed by atoms with Crippen LogP contribution in [0.2, 0.25) is 0 Å². The molecule has 3 amide bonds. The molecule has 2 N–H and O–H groups in total. The fraction of sp³-hybridized carbons (Fsp3) is 0.588. The SMILES string of the molecule is CC[C@H]1CCc2sc(C(=O)NNC(=O)CN3CCCC3=O)cc2C1. The summed E-state index contributed by atoms with van der Waals surface area (Å²) in [6, 6.07) is 1.95. The average molecular weight is 349 g/mol. The predicted octanol–water partition coefficient (Wildman–Crippen LogP) is 1.65. The molecule has 1 aromatic heterocycles. The Bertz CT molecular complexity index is 656. The molecule has 0 aromatic carbocycles. The van der Waals surface area contributed by atoms with E-state index < -0.39 is 0 Å². The van der Waals surface area contributed by atoms with Crippen LogP contribution in [0.3, 0.4) is 0 Å². The lowest BCUT2D eigenvalue weighted by Gasteiger charge is -2.19. The van der Waals surface area contributed by atoms with Crippen molar-refractivity contribution < 1.29 is 14.4 Å². The van der Waals surface area contributed by atoms with Crippen molar-refractivity contribution in [2.24, 2.45) is 5.92 Å². The summed E-state index contributed by atoms with van der Waals surface area (Å²) in [7, 11) is 0. The lowest BCUT2D eigenvalue weighted by molar-refractivity contribution is -0.133. The maximum absolute atomic E-state index is 12.2. The highest BCUT2D eigenvalue weighted by Gasteiger charge is 2.24. The molecule has 24 heavy (non-hydrogen) atoms. The van der Waals surface area contributed by atoms with Gasteiger partial charge in [-0.15, -0.1) is 11.3 Å². The molecule has 1 aromatic rings. The molecule has 2 heterocycles. The number of likely N-dealkylation sites (tertiary alicyclic amines) is 1. The first-order valence-electron chi connectivity index (χ1n) is 8.55. The van der Waals surface area contributed by atoms with E-state index >= 15 is 0 Å². The molecule has 7 heteroatoms. The Morgan fingerprint density at radius 3 is 2.88 bits per heavy atom. The number of amides is 3. The first-order valence-corrected chi connectivity index (χ1v) is 9.37. The van der Waals surface area contributed by atoms with Crippen LogP contribution in [0.4, 0.5) is 0 Å². The van der Waals surface area contributed by atoms with Gasteiger partial charge in [0.05, 0.1) is 4.88 Å². The zero-order valence-corrected chi connectivity index (χ0v) is 14.7. The fourth-order valence-electron chi connectivity index (χ4n) is 3.33. The molecule has 0 unspecified atom stereocenters. The van der Waals surface area contributed by atoms with Gasteiger partial charge < -0.3 is 4.90 Å². The van der Waals surface area contributed by atoms with Gasteiger partial charge in [0.15, 0.2) is 0 Å². The van der Waals surface area contributed by atoms with Crippen LogP contribution in [-0.4, -0.2) is 35.7 Å². The zero-order valence-electron chi connectivity index (χ0n) is 13.9. The molecule has 1 saturated heterocycles.